The van der Waals surface area contributed by atoms with E-state index in [0.29, 0.717) is 19.1 Å². The Kier molecular flexibility index (Phi) is 4.96. The van der Waals surface area contributed by atoms with Gasteiger partial charge in [0, 0.05) is 24.4 Å². The number of hydrogen-bond donors (Lipinski definition) is 2. The summed E-state index contributed by atoms with van der Waals surface area (Å²) in [5.74, 6) is 0.482. The van der Waals surface area contributed by atoms with Crippen molar-refractivity contribution < 1.29 is 10.2 Å². The van der Waals surface area contributed by atoms with E-state index in [1.165, 1.54) is 5.56 Å². The van der Waals surface area contributed by atoms with Gasteiger partial charge in [-0.2, -0.15) is 5.10 Å². The molecule has 0 atom stereocenters. The van der Waals surface area contributed by atoms with E-state index in [1.54, 1.807) is 0 Å². The summed E-state index contributed by atoms with van der Waals surface area (Å²) in [7, 11) is 0. The molecule has 2 heterocycles. The van der Waals surface area contributed by atoms with E-state index < -0.39 is 0 Å². The number of hydrogen-bond acceptors (Lipinski definition) is 4. The average molecular weight is 267 g/mol. The van der Waals surface area contributed by atoms with Gasteiger partial charge in [0.2, 0.25) is 0 Å². The van der Waals surface area contributed by atoms with Crippen molar-refractivity contribution in [2.24, 2.45) is 5.92 Å². The fraction of sp³-hybridized carbons (Fsp3) is 0.786. The highest BCUT2D eigenvalue weighted by Crippen LogP contribution is 2.21. The maximum Gasteiger partial charge on any atom is 0.0644 e. The first-order chi connectivity index (χ1) is 9.15. The predicted molar refractivity (Wildman–Crippen MR) is 73.9 cm³/mol. The minimum absolute atomic E-state index is 0.128. The lowest BCUT2D eigenvalue weighted by Gasteiger charge is -2.31. The molecule has 0 saturated carbocycles. The summed E-state index contributed by atoms with van der Waals surface area (Å²) in [6.07, 6.45) is 2.17. The molecule has 1 aromatic heterocycles. The highest BCUT2D eigenvalue weighted by atomic mass is 16.3. The van der Waals surface area contributed by atoms with Crippen LogP contribution in [0.25, 0.3) is 0 Å². The van der Waals surface area contributed by atoms with Gasteiger partial charge in [-0.15, -0.1) is 0 Å². The van der Waals surface area contributed by atoms with Gasteiger partial charge in [0.05, 0.1) is 18.8 Å². The number of aromatic nitrogens is 2. The van der Waals surface area contributed by atoms with Crippen LogP contribution < -0.4 is 0 Å². The second kappa shape index (κ2) is 6.50. The molecular formula is C14H25N3O2. The van der Waals surface area contributed by atoms with E-state index in [4.69, 9.17) is 10.2 Å². The van der Waals surface area contributed by atoms with Gasteiger partial charge in [-0.05, 0) is 45.7 Å². The molecule has 0 unspecified atom stereocenters. The quantitative estimate of drug-likeness (QED) is 0.824. The molecule has 1 aromatic rings. The fourth-order valence-electron chi connectivity index (χ4n) is 2.83. The van der Waals surface area contributed by atoms with Gasteiger partial charge in [0.1, 0.15) is 0 Å². The summed E-state index contributed by atoms with van der Waals surface area (Å²) < 4.78 is 1.89. The second-order valence-electron chi connectivity index (χ2n) is 5.50. The zero-order valence-electron chi connectivity index (χ0n) is 12.0. The monoisotopic (exact) mass is 267 g/mol. The van der Waals surface area contributed by atoms with Gasteiger partial charge in [-0.1, -0.05) is 0 Å². The van der Waals surface area contributed by atoms with Crippen LogP contribution in [-0.4, -0.2) is 51.2 Å². The number of likely N-dealkylation sites (tertiary alicyclic amines) is 1. The van der Waals surface area contributed by atoms with Gasteiger partial charge in [0.25, 0.3) is 0 Å². The van der Waals surface area contributed by atoms with E-state index in [-0.39, 0.29) is 6.61 Å². The Bertz CT molecular complexity index is 409. The van der Waals surface area contributed by atoms with Crippen LogP contribution in [0.5, 0.6) is 0 Å². The zero-order valence-corrected chi connectivity index (χ0v) is 12.0. The number of aliphatic hydroxyl groups is 2. The van der Waals surface area contributed by atoms with Gasteiger partial charge >= 0.3 is 0 Å². The molecule has 5 heteroatoms. The summed E-state index contributed by atoms with van der Waals surface area (Å²) in [6, 6.07) is 0. The first-order valence-corrected chi connectivity index (χ1v) is 7.12. The first-order valence-electron chi connectivity index (χ1n) is 7.12. The van der Waals surface area contributed by atoms with Crippen LogP contribution in [0.15, 0.2) is 0 Å². The van der Waals surface area contributed by atoms with Gasteiger partial charge in [-0.25, -0.2) is 0 Å². The summed E-state index contributed by atoms with van der Waals surface area (Å²) in [6.45, 7) is 8.16. The molecule has 19 heavy (non-hydrogen) atoms. The zero-order chi connectivity index (χ0) is 13.8. The molecule has 1 saturated heterocycles. The summed E-state index contributed by atoms with van der Waals surface area (Å²) in [5.41, 5.74) is 3.52. The van der Waals surface area contributed by atoms with Crippen molar-refractivity contribution in [2.45, 2.75) is 39.8 Å². The summed E-state index contributed by atoms with van der Waals surface area (Å²) >= 11 is 0. The number of nitrogens with zero attached hydrogens (tertiary/aromatic N) is 3. The van der Waals surface area contributed by atoms with E-state index in [2.05, 4.69) is 16.9 Å². The molecule has 1 fully saturated rings. The lowest BCUT2D eigenvalue weighted by atomic mass is 9.97. The molecule has 0 aliphatic carbocycles. The highest BCUT2D eigenvalue weighted by Gasteiger charge is 2.21. The van der Waals surface area contributed by atoms with Crippen LogP contribution in [0.4, 0.5) is 0 Å². The fourth-order valence-corrected chi connectivity index (χ4v) is 2.83. The minimum Gasteiger partial charge on any atom is -0.396 e. The number of aliphatic hydroxyl groups excluding tert-OH is 2. The van der Waals surface area contributed by atoms with Crippen molar-refractivity contribution >= 4 is 0 Å². The normalized spacial score (nSPS) is 18.1. The van der Waals surface area contributed by atoms with E-state index in [1.807, 2.05) is 11.6 Å². The Hall–Kier alpha value is -0.910. The van der Waals surface area contributed by atoms with Crippen LogP contribution in [0.1, 0.15) is 29.8 Å². The SMILES string of the molecule is Cc1nn(CCO)c(C)c1CN1CCC(CO)CC1. The molecule has 0 spiro atoms. The number of aryl methyl sites for hydroxylation is 1. The standard InChI is InChI=1S/C14H25N3O2/c1-11-14(12(2)17(15-11)7-8-18)9-16-5-3-13(10-19)4-6-16/h13,18-19H,3-10H2,1-2H3. The largest absolute Gasteiger partial charge is 0.396 e. The summed E-state index contributed by atoms with van der Waals surface area (Å²) in [4.78, 5) is 2.44. The van der Waals surface area contributed by atoms with Crippen LogP contribution in [0, 0.1) is 19.8 Å². The predicted octanol–water partition coefficient (Wildman–Crippen LogP) is 0.697. The average Bonchev–Trinajstić information content (AvgIpc) is 2.68. The smallest absolute Gasteiger partial charge is 0.0644 e. The van der Waals surface area contributed by atoms with Crippen molar-refractivity contribution in [1.82, 2.24) is 14.7 Å². The Morgan fingerprint density at radius 3 is 2.47 bits per heavy atom. The maximum atomic E-state index is 9.16. The lowest BCUT2D eigenvalue weighted by Crippen LogP contribution is -2.34. The molecule has 0 aromatic carbocycles. The number of rotatable bonds is 5. The summed E-state index contributed by atoms with van der Waals surface area (Å²) in [5, 5.41) is 22.7. The van der Waals surface area contributed by atoms with Gasteiger partial charge in [0.15, 0.2) is 0 Å². The minimum atomic E-state index is 0.128. The maximum absolute atomic E-state index is 9.16. The van der Waals surface area contributed by atoms with Crippen molar-refractivity contribution in [2.75, 3.05) is 26.3 Å². The molecule has 5 nitrogen and oxygen atoms in total. The molecule has 2 N–H and O–H groups in total. The van der Waals surface area contributed by atoms with Crippen molar-refractivity contribution in [3.8, 4) is 0 Å². The molecule has 0 bridgehead atoms. The third-order valence-corrected chi connectivity index (χ3v) is 4.19. The third kappa shape index (κ3) is 3.35. The molecule has 2 rings (SSSR count). The van der Waals surface area contributed by atoms with Crippen LogP contribution in [0.2, 0.25) is 0 Å². The Balaban J connectivity index is 1.99. The number of piperidine rings is 1. The topological polar surface area (TPSA) is 61.5 Å². The highest BCUT2D eigenvalue weighted by molar-refractivity contribution is 5.24. The lowest BCUT2D eigenvalue weighted by molar-refractivity contribution is 0.127. The van der Waals surface area contributed by atoms with E-state index in [0.717, 1.165) is 43.9 Å². The van der Waals surface area contributed by atoms with Gasteiger partial charge < -0.3 is 10.2 Å². The molecule has 0 amide bonds. The Labute approximate surface area is 114 Å². The Morgan fingerprint density at radius 1 is 1.21 bits per heavy atom. The Morgan fingerprint density at radius 2 is 1.89 bits per heavy atom. The molecule has 1 aliphatic rings. The van der Waals surface area contributed by atoms with Crippen LogP contribution >= 0.6 is 0 Å². The van der Waals surface area contributed by atoms with Crippen LogP contribution in [-0.2, 0) is 13.1 Å². The van der Waals surface area contributed by atoms with Gasteiger partial charge in [-0.3, -0.25) is 9.58 Å². The van der Waals surface area contributed by atoms with Crippen molar-refractivity contribution in [3.63, 3.8) is 0 Å². The van der Waals surface area contributed by atoms with Crippen molar-refractivity contribution in [3.05, 3.63) is 17.0 Å². The molecule has 1 aliphatic heterocycles. The van der Waals surface area contributed by atoms with Crippen LogP contribution in [0.3, 0.4) is 0 Å². The molecular weight excluding hydrogens is 242 g/mol. The second-order valence-corrected chi connectivity index (χ2v) is 5.50. The molecule has 108 valence electrons. The third-order valence-electron chi connectivity index (χ3n) is 4.19. The van der Waals surface area contributed by atoms with Crippen molar-refractivity contribution in [1.29, 1.82) is 0 Å². The van der Waals surface area contributed by atoms with E-state index in [9.17, 15) is 0 Å². The van der Waals surface area contributed by atoms with E-state index >= 15 is 0 Å². The first kappa shape index (κ1) is 14.5. The molecule has 0 radical (unpaired) electrons.